The second kappa shape index (κ2) is 5.89. The molecule has 0 radical (unpaired) electrons. The maximum absolute atomic E-state index is 8.83. The zero-order chi connectivity index (χ0) is 12.1. The summed E-state index contributed by atoms with van der Waals surface area (Å²) in [5.41, 5.74) is 2.32. The molecular formula is C13H13BrN2O. The molecule has 2 aromatic rings. The lowest BCUT2D eigenvalue weighted by atomic mass is 10.1. The molecule has 1 aromatic carbocycles. The number of nitrogens with zero attached hydrogens (tertiary/aromatic N) is 2. The SMILES string of the molecule is OCCc1ccc(Cc2ncc(Br)cn2)cc1. The van der Waals surface area contributed by atoms with Crippen LogP contribution in [0.3, 0.4) is 0 Å². The Morgan fingerprint density at radius 1 is 1.00 bits per heavy atom. The van der Waals surface area contributed by atoms with Gasteiger partial charge >= 0.3 is 0 Å². The second-order valence-corrected chi connectivity index (χ2v) is 4.70. The van der Waals surface area contributed by atoms with Crippen LogP contribution in [0.25, 0.3) is 0 Å². The Hall–Kier alpha value is -1.26. The first-order valence-corrected chi connectivity index (χ1v) is 6.22. The van der Waals surface area contributed by atoms with E-state index in [0.717, 1.165) is 22.3 Å². The first-order valence-electron chi connectivity index (χ1n) is 5.43. The van der Waals surface area contributed by atoms with Crippen LogP contribution in [0, 0.1) is 0 Å². The highest BCUT2D eigenvalue weighted by atomic mass is 79.9. The molecule has 0 aliphatic carbocycles. The molecule has 88 valence electrons. The van der Waals surface area contributed by atoms with E-state index in [1.807, 2.05) is 12.1 Å². The molecule has 0 amide bonds. The average molecular weight is 293 g/mol. The highest BCUT2D eigenvalue weighted by Crippen LogP contribution is 2.10. The van der Waals surface area contributed by atoms with Crippen LogP contribution in [0.5, 0.6) is 0 Å². The number of rotatable bonds is 4. The molecule has 0 spiro atoms. The molecule has 4 heteroatoms. The van der Waals surface area contributed by atoms with Gasteiger partial charge in [-0.3, -0.25) is 0 Å². The Labute approximate surface area is 109 Å². The number of aliphatic hydroxyl groups is 1. The highest BCUT2D eigenvalue weighted by Gasteiger charge is 1.99. The van der Waals surface area contributed by atoms with Crippen molar-refractivity contribution in [2.24, 2.45) is 0 Å². The molecule has 0 unspecified atom stereocenters. The molecule has 1 N–H and O–H groups in total. The minimum absolute atomic E-state index is 0.190. The first kappa shape index (κ1) is 12.2. The molecule has 0 aliphatic rings. The molecule has 0 bridgehead atoms. The van der Waals surface area contributed by atoms with Crippen LogP contribution in [0.15, 0.2) is 41.1 Å². The van der Waals surface area contributed by atoms with Crippen molar-refractivity contribution in [3.63, 3.8) is 0 Å². The van der Waals surface area contributed by atoms with Crippen molar-refractivity contribution in [3.05, 3.63) is 58.1 Å². The monoisotopic (exact) mass is 292 g/mol. The Morgan fingerprint density at radius 3 is 2.18 bits per heavy atom. The summed E-state index contributed by atoms with van der Waals surface area (Å²) < 4.78 is 0.888. The molecule has 0 saturated heterocycles. The molecule has 3 nitrogen and oxygen atoms in total. The summed E-state index contributed by atoms with van der Waals surface area (Å²) in [4.78, 5) is 8.47. The lowest BCUT2D eigenvalue weighted by Gasteiger charge is -2.02. The predicted octanol–water partition coefficient (Wildman–Crippen LogP) is 2.36. The fraction of sp³-hybridized carbons (Fsp3) is 0.231. The Morgan fingerprint density at radius 2 is 1.59 bits per heavy atom. The summed E-state index contributed by atoms with van der Waals surface area (Å²) in [6, 6.07) is 8.17. The zero-order valence-corrected chi connectivity index (χ0v) is 10.9. The van der Waals surface area contributed by atoms with Gasteiger partial charge < -0.3 is 5.11 Å². The van der Waals surface area contributed by atoms with E-state index in [9.17, 15) is 0 Å². The third kappa shape index (κ3) is 3.61. The van der Waals surface area contributed by atoms with Gasteiger partial charge in [0.25, 0.3) is 0 Å². The first-order chi connectivity index (χ1) is 8.28. The van der Waals surface area contributed by atoms with Crippen molar-refractivity contribution < 1.29 is 5.11 Å². The Kier molecular flexibility index (Phi) is 4.23. The summed E-state index contributed by atoms with van der Waals surface area (Å²) in [7, 11) is 0. The molecule has 2 rings (SSSR count). The lowest BCUT2D eigenvalue weighted by Crippen LogP contribution is -1.96. The summed E-state index contributed by atoms with van der Waals surface area (Å²) >= 11 is 3.31. The molecule has 0 atom stereocenters. The van der Waals surface area contributed by atoms with E-state index in [-0.39, 0.29) is 6.61 Å². The summed E-state index contributed by atoms with van der Waals surface area (Å²) in [5, 5.41) is 8.83. The van der Waals surface area contributed by atoms with Gasteiger partial charge in [0.2, 0.25) is 0 Å². The Bertz CT molecular complexity index is 468. The van der Waals surface area contributed by atoms with Crippen LogP contribution in [-0.4, -0.2) is 21.7 Å². The van der Waals surface area contributed by atoms with Crippen molar-refractivity contribution in [1.82, 2.24) is 9.97 Å². The topological polar surface area (TPSA) is 46.0 Å². The fourth-order valence-electron chi connectivity index (χ4n) is 1.57. The number of hydrogen-bond donors (Lipinski definition) is 1. The van der Waals surface area contributed by atoms with Crippen molar-refractivity contribution in [2.45, 2.75) is 12.8 Å². The van der Waals surface area contributed by atoms with E-state index in [1.165, 1.54) is 5.56 Å². The average Bonchev–Trinajstić information content (AvgIpc) is 2.35. The van der Waals surface area contributed by atoms with Crippen molar-refractivity contribution in [1.29, 1.82) is 0 Å². The number of aromatic nitrogens is 2. The van der Waals surface area contributed by atoms with E-state index < -0.39 is 0 Å². The van der Waals surface area contributed by atoms with Crippen LogP contribution >= 0.6 is 15.9 Å². The quantitative estimate of drug-likeness (QED) is 0.941. The van der Waals surface area contributed by atoms with E-state index in [0.29, 0.717) is 6.42 Å². The smallest absolute Gasteiger partial charge is 0.132 e. The molecular weight excluding hydrogens is 280 g/mol. The largest absolute Gasteiger partial charge is 0.396 e. The van der Waals surface area contributed by atoms with Gasteiger partial charge in [-0.15, -0.1) is 0 Å². The lowest BCUT2D eigenvalue weighted by molar-refractivity contribution is 0.299. The van der Waals surface area contributed by atoms with Gasteiger partial charge in [-0.1, -0.05) is 24.3 Å². The second-order valence-electron chi connectivity index (χ2n) is 3.78. The van der Waals surface area contributed by atoms with Crippen LogP contribution < -0.4 is 0 Å². The zero-order valence-electron chi connectivity index (χ0n) is 9.31. The number of hydrogen-bond acceptors (Lipinski definition) is 3. The molecule has 0 saturated carbocycles. The molecule has 17 heavy (non-hydrogen) atoms. The third-order valence-electron chi connectivity index (χ3n) is 2.46. The van der Waals surface area contributed by atoms with Gasteiger partial charge in [-0.25, -0.2) is 9.97 Å². The maximum atomic E-state index is 8.83. The fourth-order valence-corrected chi connectivity index (χ4v) is 1.77. The van der Waals surface area contributed by atoms with Gasteiger partial charge in [-0.05, 0) is 33.5 Å². The van der Waals surface area contributed by atoms with Crippen molar-refractivity contribution >= 4 is 15.9 Å². The van der Waals surface area contributed by atoms with Crippen LogP contribution in [-0.2, 0) is 12.8 Å². The molecule has 1 aromatic heterocycles. The summed E-state index contributed by atoms with van der Waals surface area (Å²) in [5.74, 6) is 0.808. The number of benzene rings is 1. The summed E-state index contributed by atoms with van der Waals surface area (Å²) in [6.07, 6.45) is 4.94. The normalized spacial score (nSPS) is 10.5. The third-order valence-corrected chi connectivity index (χ3v) is 2.87. The van der Waals surface area contributed by atoms with Gasteiger partial charge in [0, 0.05) is 25.4 Å². The molecule has 0 aliphatic heterocycles. The van der Waals surface area contributed by atoms with Crippen LogP contribution in [0.4, 0.5) is 0 Å². The van der Waals surface area contributed by atoms with Gasteiger partial charge in [0.15, 0.2) is 0 Å². The minimum Gasteiger partial charge on any atom is -0.396 e. The van der Waals surface area contributed by atoms with Crippen molar-refractivity contribution in [3.8, 4) is 0 Å². The number of halogens is 1. The maximum Gasteiger partial charge on any atom is 0.132 e. The van der Waals surface area contributed by atoms with E-state index >= 15 is 0 Å². The highest BCUT2D eigenvalue weighted by molar-refractivity contribution is 9.10. The number of aliphatic hydroxyl groups excluding tert-OH is 1. The molecule has 1 heterocycles. The minimum atomic E-state index is 0.190. The van der Waals surface area contributed by atoms with E-state index in [4.69, 9.17) is 5.11 Å². The van der Waals surface area contributed by atoms with Gasteiger partial charge in [0.05, 0.1) is 4.47 Å². The summed E-state index contributed by atoms with van der Waals surface area (Å²) in [6.45, 7) is 0.190. The van der Waals surface area contributed by atoms with Crippen LogP contribution in [0.2, 0.25) is 0 Å². The standard InChI is InChI=1S/C13H13BrN2O/c14-12-8-15-13(16-9-12)7-11-3-1-10(2-4-11)5-6-17/h1-4,8-9,17H,5-7H2. The van der Waals surface area contributed by atoms with E-state index in [1.54, 1.807) is 12.4 Å². The van der Waals surface area contributed by atoms with Gasteiger partial charge in [0.1, 0.15) is 5.82 Å². The van der Waals surface area contributed by atoms with Gasteiger partial charge in [-0.2, -0.15) is 0 Å². The van der Waals surface area contributed by atoms with E-state index in [2.05, 4.69) is 38.0 Å². The predicted molar refractivity (Wildman–Crippen MR) is 69.8 cm³/mol. The molecule has 0 fully saturated rings. The van der Waals surface area contributed by atoms with Crippen LogP contribution in [0.1, 0.15) is 17.0 Å². The van der Waals surface area contributed by atoms with Crippen molar-refractivity contribution in [2.75, 3.05) is 6.61 Å². The Balaban J connectivity index is 2.05.